The molecule has 0 N–H and O–H groups in total. The van der Waals surface area contributed by atoms with Crippen LogP contribution >= 0.6 is 0 Å². The van der Waals surface area contributed by atoms with E-state index in [1.165, 1.54) is 0 Å². The number of hydrogen-bond donors (Lipinski definition) is 0. The highest BCUT2D eigenvalue weighted by atomic mass is 28.4. The van der Waals surface area contributed by atoms with Crippen LogP contribution in [0.2, 0.25) is 18.1 Å². The lowest BCUT2D eigenvalue weighted by atomic mass is 10.2. The van der Waals surface area contributed by atoms with E-state index in [-0.39, 0.29) is 11.1 Å². The first kappa shape index (κ1) is 20.1. The minimum absolute atomic E-state index is 0.236. The van der Waals surface area contributed by atoms with Crippen LogP contribution in [0, 0.1) is 0 Å². The summed E-state index contributed by atoms with van der Waals surface area (Å²) in [6.45, 7) is 22.8. The van der Waals surface area contributed by atoms with E-state index in [2.05, 4.69) is 59.5 Å². The highest BCUT2D eigenvalue weighted by Gasteiger charge is 2.37. The molecule has 0 aliphatic carbocycles. The second-order valence-electron chi connectivity index (χ2n) is 7.00. The van der Waals surface area contributed by atoms with E-state index < -0.39 is 8.32 Å². The van der Waals surface area contributed by atoms with Gasteiger partial charge in [-0.2, -0.15) is 0 Å². The maximum Gasteiger partial charge on any atom is 0.192 e. The van der Waals surface area contributed by atoms with Gasteiger partial charge in [0, 0.05) is 6.54 Å². The van der Waals surface area contributed by atoms with Gasteiger partial charge in [-0.25, -0.2) is 0 Å². The molecule has 0 aromatic heterocycles. The Bertz CT molecular complexity index is 247. The first-order valence-electron chi connectivity index (χ1n) is 8.15. The first-order chi connectivity index (χ1) is 9.17. The van der Waals surface area contributed by atoms with Crippen molar-refractivity contribution >= 4 is 8.32 Å². The van der Waals surface area contributed by atoms with Gasteiger partial charge in [-0.3, -0.25) is 0 Å². The number of rotatable bonds is 10. The lowest BCUT2D eigenvalue weighted by molar-refractivity contribution is 0.00540. The second-order valence-corrected chi connectivity index (χ2v) is 11.8. The molecule has 0 aliphatic heterocycles. The van der Waals surface area contributed by atoms with E-state index in [1.54, 1.807) is 0 Å². The van der Waals surface area contributed by atoms with Crippen LogP contribution < -0.4 is 0 Å². The Morgan fingerprint density at radius 2 is 1.60 bits per heavy atom. The Morgan fingerprint density at radius 3 is 2.00 bits per heavy atom. The summed E-state index contributed by atoms with van der Waals surface area (Å²) in [4.78, 5) is 2.39. The molecule has 0 saturated heterocycles. The van der Waals surface area contributed by atoms with Crippen molar-refractivity contribution in [3.05, 3.63) is 0 Å². The minimum Gasteiger partial charge on any atom is -0.414 e. The second kappa shape index (κ2) is 9.18. The van der Waals surface area contributed by atoms with Gasteiger partial charge in [0.15, 0.2) is 8.32 Å². The van der Waals surface area contributed by atoms with E-state index in [0.717, 1.165) is 39.3 Å². The molecule has 122 valence electrons. The fraction of sp³-hybridized carbons (Fsp3) is 1.00. The molecule has 20 heavy (non-hydrogen) atoms. The Kier molecular flexibility index (Phi) is 9.23. The molecule has 3 nitrogen and oxygen atoms in total. The Morgan fingerprint density at radius 1 is 1.05 bits per heavy atom. The summed E-state index contributed by atoms with van der Waals surface area (Å²) in [5.74, 6) is 0. The van der Waals surface area contributed by atoms with Crippen LogP contribution in [-0.4, -0.2) is 52.2 Å². The lowest BCUT2D eigenvalue weighted by Crippen LogP contribution is -2.43. The van der Waals surface area contributed by atoms with Crippen LogP contribution in [0.15, 0.2) is 0 Å². The van der Waals surface area contributed by atoms with Crippen LogP contribution in [-0.2, 0) is 9.16 Å². The summed E-state index contributed by atoms with van der Waals surface area (Å²) >= 11 is 0. The molecule has 4 heteroatoms. The standard InChI is InChI=1S/C16H37NO2Si/c1-9-15(18-13-12-17(10-2)11-3)14-19-20(7,8)16(4,5)6/h15H,9-14H2,1-8H3/t15-/m1/s1. The van der Waals surface area contributed by atoms with Crippen LogP contribution in [0.25, 0.3) is 0 Å². The van der Waals surface area contributed by atoms with Gasteiger partial charge in [-0.15, -0.1) is 0 Å². The van der Waals surface area contributed by atoms with Gasteiger partial charge in [0.25, 0.3) is 0 Å². The summed E-state index contributed by atoms with van der Waals surface area (Å²) in [6.07, 6.45) is 1.26. The molecule has 1 atom stereocenters. The van der Waals surface area contributed by atoms with Gasteiger partial charge >= 0.3 is 0 Å². The van der Waals surface area contributed by atoms with Crippen LogP contribution in [0.1, 0.15) is 48.0 Å². The predicted octanol–water partition coefficient (Wildman–Crippen LogP) is 4.15. The van der Waals surface area contributed by atoms with Crippen molar-refractivity contribution in [2.24, 2.45) is 0 Å². The number of likely N-dealkylation sites (N-methyl/N-ethyl adjacent to an activating group) is 1. The van der Waals surface area contributed by atoms with Crippen molar-refractivity contribution in [3.8, 4) is 0 Å². The van der Waals surface area contributed by atoms with Crippen molar-refractivity contribution in [1.29, 1.82) is 0 Å². The zero-order valence-corrected chi connectivity index (χ0v) is 16.1. The zero-order chi connectivity index (χ0) is 15.8. The predicted molar refractivity (Wildman–Crippen MR) is 91.0 cm³/mol. The van der Waals surface area contributed by atoms with Gasteiger partial charge < -0.3 is 14.1 Å². The fourth-order valence-corrected chi connectivity index (χ4v) is 2.73. The molecule has 0 bridgehead atoms. The van der Waals surface area contributed by atoms with E-state index >= 15 is 0 Å². The SMILES string of the molecule is CC[C@H](CO[Si](C)(C)C(C)(C)C)OCCN(CC)CC. The molecule has 0 fully saturated rings. The molecule has 0 spiro atoms. The molecule has 0 aliphatic rings. The lowest BCUT2D eigenvalue weighted by Gasteiger charge is -2.37. The molecule has 0 saturated carbocycles. The zero-order valence-electron chi connectivity index (χ0n) is 15.1. The van der Waals surface area contributed by atoms with Gasteiger partial charge in [-0.1, -0.05) is 41.5 Å². The van der Waals surface area contributed by atoms with Crippen molar-refractivity contribution in [2.45, 2.75) is 72.2 Å². The van der Waals surface area contributed by atoms with E-state index in [1.807, 2.05) is 0 Å². The molecule has 0 amide bonds. The van der Waals surface area contributed by atoms with Gasteiger partial charge in [0.1, 0.15) is 0 Å². The average Bonchev–Trinajstić information content (AvgIpc) is 2.37. The first-order valence-corrected chi connectivity index (χ1v) is 11.1. The smallest absolute Gasteiger partial charge is 0.192 e. The highest BCUT2D eigenvalue weighted by molar-refractivity contribution is 6.74. The van der Waals surface area contributed by atoms with E-state index in [0.29, 0.717) is 0 Å². The Hall–Kier alpha value is 0.0969. The third-order valence-corrected chi connectivity index (χ3v) is 9.05. The summed E-state index contributed by atoms with van der Waals surface area (Å²) in [7, 11) is -1.65. The minimum atomic E-state index is -1.65. The van der Waals surface area contributed by atoms with Crippen LogP contribution in [0.3, 0.4) is 0 Å². The van der Waals surface area contributed by atoms with Crippen molar-refractivity contribution in [2.75, 3.05) is 32.8 Å². The monoisotopic (exact) mass is 303 g/mol. The maximum atomic E-state index is 6.26. The van der Waals surface area contributed by atoms with Crippen LogP contribution in [0.5, 0.6) is 0 Å². The van der Waals surface area contributed by atoms with Gasteiger partial charge in [0.2, 0.25) is 0 Å². The summed E-state index contributed by atoms with van der Waals surface area (Å²) in [5, 5.41) is 0.270. The number of hydrogen-bond acceptors (Lipinski definition) is 3. The fourth-order valence-electron chi connectivity index (χ4n) is 1.69. The molecule has 0 unspecified atom stereocenters. The third-order valence-electron chi connectivity index (χ3n) is 4.55. The summed E-state index contributed by atoms with van der Waals surface area (Å²) in [6, 6.07) is 0. The Balaban J connectivity index is 4.11. The van der Waals surface area contributed by atoms with Crippen LogP contribution in [0.4, 0.5) is 0 Å². The molecular weight excluding hydrogens is 266 g/mol. The quantitative estimate of drug-likeness (QED) is 0.566. The van der Waals surface area contributed by atoms with Gasteiger partial charge in [-0.05, 0) is 37.6 Å². The topological polar surface area (TPSA) is 21.7 Å². The molecule has 0 radical (unpaired) electrons. The molecule has 0 heterocycles. The third kappa shape index (κ3) is 7.20. The molecular formula is C16H37NO2Si. The van der Waals surface area contributed by atoms with E-state index in [4.69, 9.17) is 9.16 Å². The van der Waals surface area contributed by atoms with E-state index in [9.17, 15) is 0 Å². The van der Waals surface area contributed by atoms with Crippen molar-refractivity contribution in [1.82, 2.24) is 4.90 Å². The summed E-state index contributed by atoms with van der Waals surface area (Å²) in [5.41, 5.74) is 0. The Labute approximate surface area is 128 Å². The van der Waals surface area contributed by atoms with Crippen molar-refractivity contribution < 1.29 is 9.16 Å². The van der Waals surface area contributed by atoms with Gasteiger partial charge in [0.05, 0.1) is 19.3 Å². The highest BCUT2D eigenvalue weighted by Crippen LogP contribution is 2.36. The molecule has 0 aromatic carbocycles. The maximum absolute atomic E-state index is 6.26. The van der Waals surface area contributed by atoms with Crippen molar-refractivity contribution in [3.63, 3.8) is 0 Å². The molecule has 0 aromatic rings. The average molecular weight is 304 g/mol. The number of ether oxygens (including phenoxy) is 1. The summed E-state index contributed by atoms with van der Waals surface area (Å²) < 4.78 is 12.2. The normalized spacial score (nSPS) is 14.8. The largest absolute Gasteiger partial charge is 0.414 e. The number of nitrogens with zero attached hydrogens (tertiary/aromatic N) is 1. The molecule has 0 rings (SSSR count).